The number of benzene rings is 1. The third kappa shape index (κ3) is 3.98. The zero-order valence-electron chi connectivity index (χ0n) is 15.1. The van der Waals surface area contributed by atoms with E-state index >= 15 is 0 Å². The van der Waals surface area contributed by atoms with Crippen LogP contribution in [0.5, 0.6) is 0 Å². The van der Waals surface area contributed by atoms with Crippen LogP contribution in [0.25, 0.3) is 0 Å². The molecule has 0 radical (unpaired) electrons. The molecule has 3 heterocycles. The molecule has 1 amide bonds. The number of halogens is 1. The number of hydrogen-bond donors (Lipinski definition) is 1. The Kier molecular flexibility index (Phi) is 5.38. The number of likely N-dealkylation sites (tertiary alicyclic amines) is 1. The second-order valence-corrected chi connectivity index (χ2v) is 7.61. The van der Waals surface area contributed by atoms with E-state index in [0.717, 1.165) is 25.9 Å². The topological polar surface area (TPSA) is 69.6 Å². The third-order valence-electron chi connectivity index (χ3n) is 5.60. The van der Waals surface area contributed by atoms with Crippen molar-refractivity contribution in [2.75, 3.05) is 19.6 Å². The molecule has 1 aromatic carbocycles. The summed E-state index contributed by atoms with van der Waals surface area (Å²) in [6.45, 7) is 2.91. The van der Waals surface area contributed by atoms with Crippen molar-refractivity contribution < 1.29 is 9.90 Å². The molecule has 1 saturated heterocycles. The number of fused-ring (bicyclic) bond motifs is 1. The Balaban J connectivity index is 1.45. The standard InChI is InChI=1S/C20H23ClN4O2/c21-19-11-16(22-13-23-19)20(27)24-9-6-17(18(26)7-10-24)25-8-5-14-3-1-2-4-15(14)12-25/h1-4,11,13,17-18,26H,5-10,12H2. The van der Waals surface area contributed by atoms with Crippen LogP contribution in [0.2, 0.25) is 5.15 Å². The molecule has 4 rings (SSSR count). The minimum Gasteiger partial charge on any atom is -0.391 e. The highest BCUT2D eigenvalue weighted by atomic mass is 35.5. The number of aromatic nitrogens is 2. The fourth-order valence-electron chi connectivity index (χ4n) is 4.11. The summed E-state index contributed by atoms with van der Waals surface area (Å²) >= 11 is 5.88. The van der Waals surface area contributed by atoms with Gasteiger partial charge in [-0.2, -0.15) is 0 Å². The van der Waals surface area contributed by atoms with Gasteiger partial charge in [0, 0.05) is 38.3 Å². The van der Waals surface area contributed by atoms with Crippen molar-refractivity contribution in [1.29, 1.82) is 0 Å². The van der Waals surface area contributed by atoms with Gasteiger partial charge in [0.2, 0.25) is 0 Å². The van der Waals surface area contributed by atoms with Crippen molar-refractivity contribution in [3.63, 3.8) is 0 Å². The summed E-state index contributed by atoms with van der Waals surface area (Å²) in [5.41, 5.74) is 3.04. The first-order valence-corrected chi connectivity index (χ1v) is 9.75. The fraction of sp³-hybridized carbons (Fsp3) is 0.450. The number of aliphatic hydroxyl groups excluding tert-OH is 1. The van der Waals surface area contributed by atoms with Crippen LogP contribution in [0.15, 0.2) is 36.7 Å². The van der Waals surface area contributed by atoms with E-state index < -0.39 is 6.10 Å². The highest BCUT2D eigenvalue weighted by Crippen LogP contribution is 2.25. The van der Waals surface area contributed by atoms with Crippen LogP contribution in [0.3, 0.4) is 0 Å². The van der Waals surface area contributed by atoms with Crippen molar-refractivity contribution in [2.24, 2.45) is 0 Å². The number of hydrogen-bond acceptors (Lipinski definition) is 5. The number of rotatable bonds is 2. The van der Waals surface area contributed by atoms with E-state index in [2.05, 4.69) is 39.1 Å². The van der Waals surface area contributed by atoms with Crippen molar-refractivity contribution in [2.45, 2.75) is 38.0 Å². The van der Waals surface area contributed by atoms with Gasteiger partial charge in [0.05, 0.1) is 6.10 Å². The lowest BCUT2D eigenvalue weighted by Gasteiger charge is -2.37. The van der Waals surface area contributed by atoms with E-state index in [1.807, 2.05) is 0 Å². The maximum Gasteiger partial charge on any atom is 0.272 e. The first-order valence-electron chi connectivity index (χ1n) is 9.37. The second kappa shape index (κ2) is 7.92. The molecular weight excluding hydrogens is 364 g/mol. The van der Waals surface area contributed by atoms with Gasteiger partial charge in [-0.1, -0.05) is 35.9 Å². The van der Waals surface area contributed by atoms with Gasteiger partial charge in [-0.25, -0.2) is 9.97 Å². The number of carbonyl (C=O) groups excluding carboxylic acids is 1. The first-order chi connectivity index (χ1) is 13.1. The molecule has 1 fully saturated rings. The Morgan fingerprint density at radius 3 is 2.70 bits per heavy atom. The van der Waals surface area contributed by atoms with Gasteiger partial charge in [-0.05, 0) is 30.4 Å². The predicted molar refractivity (Wildman–Crippen MR) is 103 cm³/mol. The second-order valence-electron chi connectivity index (χ2n) is 7.22. The van der Waals surface area contributed by atoms with Crippen molar-refractivity contribution in [3.05, 3.63) is 58.6 Å². The molecular formula is C20H23ClN4O2. The van der Waals surface area contributed by atoms with E-state index in [9.17, 15) is 9.90 Å². The Labute approximate surface area is 163 Å². The Bertz CT molecular complexity index is 831. The van der Waals surface area contributed by atoms with Crippen LogP contribution in [0.1, 0.15) is 34.5 Å². The van der Waals surface area contributed by atoms with Crippen LogP contribution in [0.4, 0.5) is 0 Å². The molecule has 0 aliphatic carbocycles. The molecule has 2 aliphatic rings. The quantitative estimate of drug-likeness (QED) is 0.801. The normalized spacial score (nSPS) is 23.6. The molecule has 6 nitrogen and oxygen atoms in total. The molecule has 7 heteroatoms. The molecule has 2 aliphatic heterocycles. The third-order valence-corrected chi connectivity index (χ3v) is 5.81. The highest BCUT2D eigenvalue weighted by molar-refractivity contribution is 6.29. The molecule has 2 aromatic rings. The number of nitrogens with zero attached hydrogens (tertiary/aromatic N) is 4. The maximum atomic E-state index is 12.7. The van der Waals surface area contributed by atoms with Crippen molar-refractivity contribution >= 4 is 17.5 Å². The van der Waals surface area contributed by atoms with Gasteiger partial charge in [0.25, 0.3) is 5.91 Å². The predicted octanol–water partition coefficient (Wildman–Crippen LogP) is 2.15. The lowest BCUT2D eigenvalue weighted by atomic mass is 9.96. The van der Waals surface area contributed by atoms with E-state index in [1.54, 1.807) is 4.90 Å². The highest BCUT2D eigenvalue weighted by Gasteiger charge is 2.33. The van der Waals surface area contributed by atoms with E-state index in [0.29, 0.717) is 25.2 Å². The Hall–Kier alpha value is -2.02. The zero-order chi connectivity index (χ0) is 18.8. The van der Waals surface area contributed by atoms with Gasteiger partial charge < -0.3 is 10.0 Å². The van der Waals surface area contributed by atoms with E-state index in [-0.39, 0.29) is 17.1 Å². The summed E-state index contributed by atoms with van der Waals surface area (Å²) in [6.07, 6.45) is 3.17. The molecule has 0 spiro atoms. The Morgan fingerprint density at radius 1 is 1.11 bits per heavy atom. The van der Waals surface area contributed by atoms with Crippen LogP contribution in [-0.2, 0) is 13.0 Å². The average Bonchev–Trinajstić information content (AvgIpc) is 2.89. The van der Waals surface area contributed by atoms with Crippen molar-refractivity contribution in [3.8, 4) is 0 Å². The molecule has 2 atom stereocenters. The summed E-state index contributed by atoms with van der Waals surface area (Å²) in [4.78, 5) is 24.7. The van der Waals surface area contributed by atoms with Gasteiger partial charge in [0.15, 0.2) is 0 Å². The molecule has 27 heavy (non-hydrogen) atoms. The van der Waals surface area contributed by atoms with Gasteiger partial charge in [0.1, 0.15) is 17.2 Å². The molecule has 2 unspecified atom stereocenters. The SMILES string of the molecule is O=C(c1cc(Cl)ncn1)N1CCC(O)C(N2CCc3ccccc3C2)CC1. The zero-order valence-corrected chi connectivity index (χ0v) is 15.8. The minimum absolute atomic E-state index is 0.0603. The summed E-state index contributed by atoms with van der Waals surface area (Å²) in [5, 5.41) is 11.0. The van der Waals surface area contributed by atoms with E-state index in [4.69, 9.17) is 11.6 Å². The molecule has 0 saturated carbocycles. The van der Waals surface area contributed by atoms with Crippen LogP contribution < -0.4 is 0 Å². The lowest BCUT2D eigenvalue weighted by molar-refractivity contribution is 0.0394. The summed E-state index contributed by atoms with van der Waals surface area (Å²) in [6, 6.07) is 10.1. The molecule has 1 aromatic heterocycles. The smallest absolute Gasteiger partial charge is 0.272 e. The minimum atomic E-state index is -0.443. The lowest BCUT2D eigenvalue weighted by Crippen LogP contribution is -2.46. The number of amides is 1. The maximum absolute atomic E-state index is 12.7. The van der Waals surface area contributed by atoms with Crippen LogP contribution >= 0.6 is 11.6 Å². The largest absolute Gasteiger partial charge is 0.391 e. The van der Waals surface area contributed by atoms with Crippen LogP contribution in [0, 0.1) is 0 Å². The average molecular weight is 387 g/mol. The number of aliphatic hydroxyl groups is 1. The summed E-state index contributed by atoms with van der Waals surface area (Å²) in [5.74, 6) is -0.156. The Morgan fingerprint density at radius 2 is 1.89 bits per heavy atom. The van der Waals surface area contributed by atoms with E-state index in [1.165, 1.54) is 23.5 Å². The fourth-order valence-corrected chi connectivity index (χ4v) is 4.26. The first kappa shape index (κ1) is 18.3. The summed E-state index contributed by atoms with van der Waals surface area (Å²) in [7, 11) is 0. The molecule has 1 N–H and O–H groups in total. The van der Waals surface area contributed by atoms with Gasteiger partial charge >= 0.3 is 0 Å². The van der Waals surface area contributed by atoms with Gasteiger partial charge in [-0.15, -0.1) is 0 Å². The number of carbonyl (C=O) groups is 1. The molecule has 0 bridgehead atoms. The van der Waals surface area contributed by atoms with Crippen LogP contribution in [-0.4, -0.2) is 62.6 Å². The molecule has 142 valence electrons. The monoisotopic (exact) mass is 386 g/mol. The van der Waals surface area contributed by atoms with Gasteiger partial charge in [-0.3, -0.25) is 9.69 Å². The van der Waals surface area contributed by atoms with Crippen molar-refractivity contribution in [1.82, 2.24) is 19.8 Å². The summed E-state index contributed by atoms with van der Waals surface area (Å²) < 4.78 is 0.